The number of carbonyl (C=O) groups is 1. The maximum Gasteiger partial charge on any atom is 0.270 e. The van der Waals surface area contributed by atoms with Crippen LogP contribution >= 0.6 is 0 Å². The van der Waals surface area contributed by atoms with Crippen molar-refractivity contribution in [1.82, 2.24) is 15.8 Å². The van der Waals surface area contributed by atoms with Crippen LogP contribution in [-0.2, 0) is 4.79 Å². The van der Waals surface area contributed by atoms with Gasteiger partial charge in [-0.25, -0.2) is 0 Å². The Kier molecular flexibility index (Phi) is 3.56. The molecule has 0 aliphatic carbocycles. The third kappa shape index (κ3) is 2.76. The third-order valence-electron chi connectivity index (χ3n) is 2.56. The molecular formula is C12H16N6O. The number of anilines is 1. The lowest BCUT2D eigenvalue weighted by Crippen LogP contribution is -2.49. The minimum Gasteiger partial charge on any atom is -0.371 e. The maximum absolute atomic E-state index is 11.4. The van der Waals surface area contributed by atoms with E-state index in [9.17, 15) is 4.79 Å². The molecule has 1 heterocycles. The lowest BCUT2D eigenvalue weighted by molar-refractivity contribution is -0.116. The van der Waals surface area contributed by atoms with Crippen LogP contribution in [0.25, 0.3) is 0 Å². The highest BCUT2D eigenvalue weighted by molar-refractivity contribution is 5.98. The van der Waals surface area contributed by atoms with Gasteiger partial charge in [-0.2, -0.15) is 4.99 Å². The fraction of sp³-hybridized carbons (Fsp3) is 0.167. The van der Waals surface area contributed by atoms with Gasteiger partial charge in [-0.1, -0.05) is 18.2 Å². The summed E-state index contributed by atoms with van der Waals surface area (Å²) in [6, 6.07) is 9.59. The van der Waals surface area contributed by atoms with Gasteiger partial charge in [-0.05, 0) is 12.1 Å². The normalized spacial score (nSPS) is 14.6. The summed E-state index contributed by atoms with van der Waals surface area (Å²) in [7, 11) is 3.37. The standard InChI is InChI=1S/C12H16N6O/c1-14-11-9(10(13)19)18(2)17-12(16-11)15-8-6-4-3-5-7-8/h3-7,14H,1-2H3,(H2,13,19)(H2,15,16,17). The van der Waals surface area contributed by atoms with E-state index in [0.29, 0.717) is 11.8 Å². The van der Waals surface area contributed by atoms with E-state index in [2.05, 4.69) is 21.1 Å². The van der Waals surface area contributed by atoms with Gasteiger partial charge >= 0.3 is 0 Å². The summed E-state index contributed by atoms with van der Waals surface area (Å²) in [6.07, 6.45) is 0. The van der Waals surface area contributed by atoms with Crippen LogP contribution in [0, 0.1) is 0 Å². The lowest BCUT2D eigenvalue weighted by atomic mass is 10.3. The van der Waals surface area contributed by atoms with Crippen molar-refractivity contribution in [3.63, 3.8) is 0 Å². The maximum atomic E-state index is 11.4. The molecule has 0 spiro atoms. The van der Waals surface area contributed by atoms with Gasteiger partial charge in [0.1, 0.15) is 0 Å². The van der Waals surface area contributed by atoms with Crippen LogP contribution < -0.4 is 21.8 Å². The Morgan fingerprint density at radius 2 is 2.05 bits per heavy atom. The summed E-state index contributed by atoms with van der Waals surface area (Å²) in [5, 5.41) is 7.48. The summed E-state index contributed by atoms with van der Waals surface area (Å²) in [5.41, 5.74) is 9.42. The van der Waals surface area contributed by atoms with Crippen molar-refractivity contribution in [2.75, 3.05) is 19.4 Å². The van der Waals surface area contributed by atoms with E-state index in [1.165, 1.54) is 5.01 Å². The van der Waals surface area contributed by atoms with E-state index in [1.807, 2.05) is 30.3 Å². The Bertz CT molecular complexity index is 536. The van der Waals surface area contributed by atoms with Gasteiger partial charge < -0.3 is 16.4 Å². The van der Waals surface area contributed by atoms with Gasteiger partial charge in [0.25, 0.3) is 5.91 Å². The van der Waals surface area contributed by atoms with E-state index in [4.69, 9.17) is 5.73 Å². The zero-order valence-electron chi connectivity index (χ0n) is 10.8. The van der Waals surface area contributed by atoms with E-state index >= 15 is 0 Å². The Labute approximate surface area is 111 Å². The molecule has 0 radical (unpaired) electrons. The second kappa shape index (κ2) is 5.30. The minimum atomic E-state index is -0.554. The topological polar surface area (TPSA) is 94.8 Å². The van der Waals surface area contributed by atoms with Crippen molar-refractivity contribution in [2.24, 2.45) is 10.7 Å². The smallest absolute Gasteiger partial charge is 0.270 e. The van der Waals surface area contributed by atoms with E-state index < -0.39 is 5.91 Å². The van der Waals surface area contributed by atoms with Crippen LogP contribution in [0.5, 0.6) is 0 Å². The first kappa shape index (κ1) is 12.7. The van der Waals surface area contributed by atoms with Crippen molar-refractivity contribution >= 4 is 17.6 Å². The van der Waals surface area contributed by atoms with Crippen molar-refractivity contribution in [3.8, 4) is 0 Å². The van der Waals surface area contributed by atoms with E-state index in [1.54, 1.807) is 14.1 Å². The second-order valence-electron chi connectivity index (χ2n) is 3.93. The van der Waals surface area contributed by atoms with Crippen LogP contribution in [0.3, 0.4) is 0 Å². The number of benzene rings is 1. The predicted molar refractivity (Wildman–Crippen MR) is 73.7 cm³/mol. The Hall–Kier alpha value is -2.70. The number of likely N-dealkylation sites (N-methyl/N-ethyl adjacent to an activating group) is 1. The number of hydrogen-bond acceptors (Lipinski definition) is 6. The SMILES string of the molecule is CNC1=C(C(N)=O)N(C)NC(Nc2ccccc2)=N1. The number of hydrazine groups is 1. The number of para-hydroxylation sites is 1. The molecule has 7 heteroatoms. The predicted octanol–water partition coefficient (Wildman–Crippen LogP) is -0.222. The molecule has 2 rings (SSSR count). The van der Waals surface area contributed by atoms with Crippen LogP contribution in [0.15, 0.2) is 46.8 Å². The van der Waals surface area contributed by atoms with Crippen molar-refractivity contribution in [3.05, 3.63) is 41.8 Å². The summed E-state index contributed by atoms with van der Waals surface area (Å²) >= 11 is 0. The molecule has 0 aromatic heterocycles. The third-order valence-corrected chi connectivity index (χ3v) is 2.56. The molecule has 7 nitrogen and oxygen atoms in total. The van der Waals surface area contributed by atoms with Crippen molar-refractivity contribution in [1.29, 1.82) is 0 Å². The quantitative estimate of drug-likeness (QED) is 0.602. The molecule has 0 unspecified atom stereocenters. The minimum absolute atomic E-state index is 0.279. The summed E-state index contributed by atoms with van der Waals surface area (Å²) in [5.74, 6) is 0.358. The van der Waals surface area contributed by atoms with Gasteiger partial charge in [-0.15, -0.1) is 0 Å². The Balaban J connectivity index is 2.27. The van der Waals surface area contributed by atoms with Gasteiger partial charge in [0, 0.05) is 19.8 Å². The first-order chi connectivity index (χ1) is 9.11. The first-order valence-electron chi connectivity index (χ1n) is 5.75. The van der Waals surface area contributed by atoms with Gasteiger partial charge in [0.2, 0.25) is 5.96 Å². The molecule has 1 aromatic carbocycles. The highest BCUT2D eigenvalue weighted by Crippen LogP contribution is 2.12. The number of aliphatic imine (C=N–C) groups is 1. The van der Waals surface area contributed by atoms with Crippen LogP contribution in [-0.4, -0.2) is 31.0 Å². The molecule has 5 N–H and O–H groups in total. The number of amides is 1. The number of nitrogens with one attached hydrogen (secondary N) is 3. The number of primary amides is 1. The number of nitrogens with zero attached hydrogens (tertiary/aromatic N) is 2. The van der Waals surface area contributed by atoms with E-state index in [0.717, 1.165) is 5.69 Å². The van der Waals surface area contributed by atoms with E-state index in [-0.39, 0.29) is 5.70 Å². The molecule has 1 amide bonds. The van der Waals surface area contributed by atoms with Crippen molar-refractivity contribution < 1.29 is 4.79 Å². The highest BCUT2D eigenvalue weighted by Gasteiger charge is 2.22. The number of nitrogens with two attached hydrogens (primary N) is 1. The van der Waals surface area contributed by atoms with Gasteiger partial charge in [-0.3, -0.25) is 15.2 Å². The summed E-state index contributed by atoms with van der Waals surface area (Å²) < 4.78 is 0. The molecule has 19 heavy (non-hydrogen) atoms. The second-order valence-corrected chi connectivity index (χ2v) is 3.93. The average Bonchev–Trinajstić information content (AvgIpc) is 2.38. The molecular weight excluding hydrogens is 244 g/mol. The molecule has 100 valence electrons. The number of carbonyl (C=O) groups excluding carboxylic acids is 1. The molecule has 1 aromatic rings. The Morgan fingerprint density at radius 1 is 1.37 bits per heavy atom. The number of hydrogen-bond donors (Lipinski definition) is 4. The van der Waals surface area contributed by atoms with Gasteiger partial charge in [0.15, 0.2) is 11.5 Å². The molecule has 1 aliphatic rings. The first-order valence-corrected chi connectivity index (χ1v) is 5.75. The lowest BCUT2D eigenvalue weighted by Gasteiger charge is -2.29. The van der Waals surface area contributed by atoms with Crippen molar-refractivity contribution in [2.45, 2.75) is 0 Å². The molecule has 0 saturated carbocycles. The molecule has 0 saturated heterocycles. The van der Waals surface area contributed by atoms with Crippen LogP contribution in [0.2, 0.25) is 0 Å². The number of guanidine groups is 1. The molecule has 0 atom stereocenters. The largest absolute Gasteiger partial charge is 0.371 e. The van der Waals surface area contributed by atoms with Gasteiger partial charge in [0.05, 0.1) is 0 Å². The molecule has 0 bridgehead atoms. The fourth-order valence-electron chi connectivity index (χ4n) is 1.73. The molecule has 1 aliphatic heterocycles. The fourth-order valence-corrected chi connectivity index (χ4v) is 1.73. The monoisotopic (exact) mass is 260 g/mol. The zero-order chi connectivity index (χ0) is 13.8. The summed E-state index contributed by atoms with van der Waals surface area (Å²) in [6.45, 7) is 0. The van der Waals surface area contributed by atoms with Crippen LogP contribution in [0.4, 0.5) is 5.69 Å². The summed E-state index contributed by atoms with van der Waals surface area (Å²) in [4.78, 5) is 15.6. The molecule has 0 fully saturated rings. The highest BCUT2D eigenvalue weighted by atomic mass is 16.1. The average molecular weight is 260 g/mol. The Morgan fingerprint density at radius 3 is 2.63 bits per heavy atom. The number of rotatable bonds is 3. The zero-order valence-corrected chi connectivity index (χ0v) is 10.8. The van der Waals surface area contributed by atoms with Crippen LogP contribution in [0.1, 0.15) is 0 Å².